The highest BCUT2D eigenvalue weighted by Gasteiger charge is 2.47. The summed E-state index contributed by atoms with van der Waals surface area (Å²) in [5.41, 5.74) is 3.63. The number of nitrogens with zero attached hydrogens (tertiary/aromatic N) is 2. The van der Waals surface area contributed by atoms with Gasteiger partial charge in [-0.15, -0.1) is 0 Å². The van der Waals surface area contributed by atoms with Crippen molar-refractivity contribution in [1.29, 1.82) is 0 Å². The molecule has 1 aromatic heterocycles. The van der Waals surface area contributed by atoms with Crippen molar-refractivity contribution in [3.8, 4) is 0 Å². The Morgan fingerprint density at radius 2 is 1.84 bits per heavy atom. The van der Waals surface area contributed by atoms with Crippen LogP contribution in [0.1, 0.15) is 35.3 Å². The molecular weight excluding hydrogens is 456 g/mol. The number of aromatic nitrogens is 1. The summed E-state index contributed by atoms with van der Waals surface area (Å²) in [7, 11) is 0. The highest BCUT2D eigenvalue weighted by molar-refractivity contribution is 9.10. The van der Waals surface area contributed by atoms with Crippen LogP contribution in [0.4, 0.5) is 5.69 Å². The number of aryl methyl sites for hydroxylation is 2. The molecule has 5 nitrogen and oxygen atoms in total. The predicted molar refractivity (Wildman–Crippen MR) is 124 cm³/mol. The van der Waals surface area contributed by atoms with Crippen molar-refractivity contribution in [1.82, 2.24) is 4.98 Å². The molecule has 4 rings (SSSR count). The summed E-state index contributed by atoms with van der Waals surface area (Å²) in [6, 6.07) is 17.3. The molecule has 2 aromatic carbocycles. The fraction of sp³-hybridized carbons (Fsp3) is 0.160. The number of aliphatic hydroxyl groups is 1. The van der Waals surface area contributed by atoms with Gasteiger partial charge < -0.3 is 5.11 Å². The molecule has 1 aliphatic heterocycles. The van der Waals surface area contributed by atoms with Gasteiger partial charge in [-0.1, -0.05) is 47.1 Å². The number of amides is 1. The lowest BCUT2D eigenvalue weighted by Crippen LogP contribution is -2.29. The molecule has 1 unspecified atom stereocenters. The van der Waals surface area contributed by atoms with Gasteiger partial charge in [0.15, 0.2) is 0 Å². The predicted octanol–water partition coefficient (Wildman–Crippen LogP) is 5.34. The zero-order valence-electron chi connectivity index (χ0n) is 17.2. The van der Waals surface area contributed by atoms with Crippen LogP contribution in [-0.4, -0.2) is 21.8 Å². The van der Waals surface area contributed by atoms with Crippen LogP contribution in [0.3, 0.4) is 0 Å². The molecule has 156 valence electrons. The van der Waals surface area contributed by atoms with E-state index in [4.69, 9.17) is 0 Å². The maximum atomic E-state index is 13.1. The van der Waals surface area contributed by atoms with Crippen LogP contribution in [0.25, 0.3) is 5.76 Å². The number of hydrogen-bond acceptors (Lipinski definition) is 4. The Hall–Kier alpha value is -3.25. The second-order valence-corrected chi connectivity index (χ2v) is 8.26. The molecule has 1 amide bonds. The summed E-state index contributed by atoms with van der Waals surface area (Å²) < 4.78 is 0.891. The topological polar surface area (TPSA) is 70.5 Å². The van der Waals surface area contributed by atoms with Gasteiger partial charge in [-0.3, -0.25) is 19.5 Å². The minimum absolute atomic E-state index is 0.0324. The first-order valence-electron chi connectivity index (χ1n) is 9.99. The Balaban J connectivity index is 1.92. The van der Waals surface area contributed by atoms with Crippen LogP contribution >= 0.6 is 15.9 Å². The second kappa shape index (κ2) is 8.47. The van der Waals surface area contributed by atoms with Gasteiger partial charge in [0.05, 0.1) is 11.3 Å². The van der Waals surface area contributed by atoms with Crippen LogP contribution < -0.4 is 4.90 Å². The third-order valence-corrected chi connectivity index (χ3v) is 6.36. The molecular formula is C25H21BrN2O3. The van der Waals surface area contributed by atoms with Crippen LogP contribution in [0, 0.1) is 6.92 Å². The third kappa shape index (κ3) is 3.79. The van der Waals surface area contributed by atoms with E-state index in [-0.39, 0.29) is 11.3 Å². The van der Waals surface area contributed by atoms with Gasteiger partial charge in [0.1, 0.15) is 11.8 Å². The lowest BCUT2D eigenvalue weighted by atomic mass is 9.97. The van der Waals surface area contributed by atoms with Gasteiger partial charge in [-0.05, 0) is 60.9 Å². The zero-order valence-corrected chi connectivity index (χ0v) is 18.8. The number of Topliss-reactive ketones (excluding diaryl/α,β-unsaturated/α-hetero) is 1. The number of carbonyl (C=O) groups excluding carboxylic acids is 2. The molecule has 1 saturated heterocycles. The number of rotatable bonds is 4. The number of carbonyl (C=O) groups is 2. The van der Waals surface area contributed by atoms with Gasteiger partial charge in [-0.2, -0.15) is 0 Å². The first kappa shape index (κ1) is 21.0. The summed E-state index contributed by atoms with van der Waals surface area (Å²) in [4.78, 5) is 32.0. The lowest BCUT2D eigenvalue weighted by Gasteiger charge is -2.24. The first-order chi connectivity index (χ1) is 14.9. The molecule has 0 spiro atoms. The van der Waals surface area contributed by atoms with Gasteiger partial charge in [0.2, 0.25) is 0 Å². The van der Waals surface area contributed by atoms with Crippen molar-refractivity contribution in [2.75, 3.05) is 4.90 Å². The van der Waals surface area contributed by atoms with E-state index in [0.29, 0.717) is 16.9 Å². The SMILES string of the molecule is CCc1ccc(N2C(=O)C(=O)/C(=C(\O)c3ccc(Br)c(C)c3)C2c2ccccn2)cc1. The summed E-state index contributed by atoms with van der Waals surface area (Å²) in [6.07, 6.45) is 2.48. The average Bonchev–Trinajstić information content (AvgIpc) is 3.06. The van der Waals surface area contributed by atoms with E-state index in [1.807, 2.05) is 31.2 Å². The summed E-state index contributed by atoms with van der Waals surface area (Å²) in [5.74, 6) is -1.62. The number of halogens is 1. The molecule has 1 fully saturated rings. The summed E-state index contributed by atoms with van der Waals surface area (Å²) in [6.45, 7) is 3.94. The third-order valence-electron chi connectivity index (χ3n) is 5.47. The molecule has 0 radical (unpaired) electrons. The Labute approximate surface area is 189 Å². The maximum absolute atomic E-state index is 13.1. The van der Waals surface area contributed by atoms with Gasteiger partial charge in [0, 0.05) is 21.9 Å². The molecule has 1 N–H and O–H groups in total. The van der Waals surface area contributed by atoms with E-state index in [2.05, 4.69) is 27.8 Å². The molecule has 1 aliphatic rings. The first-order valence-corrected chi connectivity index (χ1v) is 10.8. The Morgan fingerprint density at radius 1 is 1.10 bits per heavy atom. The number of benzene rings is 2. The van der Waals surface area contributed by atoms with Crippen molar-refractivity contribution in [2.24, 2.45) is 0 Å². The molecule has 31 heavy (non-hydrogen) atoms. The van der Waals surface area contributed by atoms with Gasteiger partial charge >= 0.3 is 0 Å². The highest BCUT2D eigenvalue weighted by atomic mass is 79.9. The fourth-order valence-corrected chi connectivity index (χ4v) is 4.00. The summed E-state index contributed by atoms with van der Waals surface area (Å²) in [5, 5.41) is 11.1. The second-order valence-electron chi connectivity index (χ2n) is 7.41. The molecule has 2 heterocycles. The van der Waals surface area contributed by atoms with Crippen molar-refractivity contribution >= 4 is 39.1 Å². The Morgan fingerprint density at radius 3 is 2.45 bits per heavy atom. The van der Waals surface area contributed by atoms with Crippen LogP contribution in [-0.2, 0) is 16.0 Å². The van der Waals surface area contributed by atoms with E-state index in [1.165, 1.54) is 4.90 Å². The van der Waals surface area contributed by atoms with E-state index >= 15 is 0 Å². The maximum Gasteiger partial charge on any atom is 0.300 e. The van der Waals surface area contributed by atoms with Crippen LogP contribution in [0.2, 0.25) is 0 Å². The number of ketones is 1. The molecule has 6 heteroatoms. The molecule has 0 saturated carbocycles. The lowest BCUT2D eigenvalue weighted by molar-refractivity contribution is -0.132. The molecule has 0 aliphatic carbocycles. The van der Waals surface area contributed by atoms with Crippen molar-refractivity contribution in [2.45, 2.75) is 26.3 Å². The average molecular weight is 477 g/mol. The van der Waals surface area contributed by atoms with E-state index < -0.39 is 17.7 Å². The molecule has 3 aromatic rings. The van der Waals surface area contributed by atoms with Crippen LogP contribution in [0.15, 0.2) is 76.9 Å². The van der Waals surface area contributed by atoms with Crippen molar-refractivity contribution in [3.63, 3.8) is 0 Å². The minimum atomic E-state index is -0.822. The number of hydrogen-bond donors (Lipinski definition) is 1. The number of pyridine rings is 1. The number of aliphatic hydroxyl groups excluding tert-OH is 1. The van der Waals surface area contributed by atoms with Crippen molar-refractivity contribution in [3.05, 3.63) is 99.3 Å². The normalized spacial score (nSPS) is 17.9. The van der Waals surface area contributed by atoms with E-state index in [0.717, 1.165) is 22.0 Å². The smallest absolute Gasteiger partial charge is 0.300 e. The van der Waals surface area contributed by atoms with E-state index in [9.17, 15) is 14.7 Å². The standard InChI is InChI=1S/C25H21BrN2O3/c1-3-16-7-10-18(11-8-16)28-22(20-6-4-5-13-27-20)21(24(30)25(28)31)23(29)17-9-12-19(26)15(2)14-17/h4-14,22,29H,3H2,1-2H3/b23-21-. The Kier molecular flexibility index (Phi) is 5.74. The fourth-order valence-electron chi connectivity index (χ4n) is 3.76. The van der Waals surface area contributed by atoms with Crippen LogP contribution in [0.5, 0.6) is 0 Å². The largest absolute Gasteiger partial charge is 0.507 e. The molecule has 1 atom stereocenters. The van der Waals surface area contributed by atoms with Crippen molar-refractivity contribution < 1.29 is 14.7 Å². The van der Waals surface area contributed by atoms with E-state index in [1.54, 1.807) is 42.6 Å². The monoisotopic (exact) mass is 476 g/mol. The van der Waals surface area contributed by atoms with Gasteiger partial charge in [0.25, 0.3) is 11.7 Å². The minimum Gasteiger partial charge on any atom is -0.507 e. The quantitative estimate of drug-likeness (QED) is 0.313. The molecule has 0 bridgehead atoms. The Bertz CT molecular complexity index is 1190. The number of anilines is 1. The highest BCUT2D eigenvalue weighted by Crippen LogP contribution is 2.41. The zero-order chi connectivity index (χ0) is 22.1. The van der Waals surface area contributed by atoms with Gasteiger partial charge in [-0.25, -0.2) is 0 Å². The summed E-state index contributed by atoms with van der Waals surface area (Å²) >= 11 is 3.45.